The van der Waals surface area contributed by atoms with Crippen LogP contribution in [0.1, 0.15) is 49.8 Å². The van der Waals surface area contributed by atoms with Crippen molar-refractivity contribution in [3.63, 3.8) is 0 Å². The fourth-order valence-corrected chi connectivity index (χ4v) is 2.36. The average molecular weight is 243 g/mol. The Morgan fingerprint density at radius 2 is 2.06 bits per heavy atom. The van der Waals surface area contributed by atoms with Crippen molar-refractivity contribution in [2.45, 2.75) is 44.8 Å². The lowest BCUT2D eigenvalue weighted by Crippen LogP contribution is -2.23. The lowest BCUT2D eigenvalue weighted by molar-refractivity contribution is 0.164. The van der Waals surface area contributed by atoms with E-state index in [1.807, 2.05) is 24.3 Å². The largest absolute Gasteiger partial charge is 0.391 e. The van der Waals surface area contributed by atoms with Crippen molar-refractivity contribution >= 4 is 0 Å². The molecule has 0 saturated heterocycles. The van der Waals surface area contributed by atoms with Gasteiger partial charge in [-0.3, -0.25) is 0 Å². The molecule has 0 amide bonds. The molecule has 0 heterocycles. The summed E-state index contributed by atoms with van der Waals surface area (Å²) < 4.78 is 0. The van der Waals surface area contributed by atoms with Gasteiger partial charge in [0, 0.05) is 11.5 Å². The van der Waals surface area contributed by atoms with E-state index in [4.69, 9.17) is 5.73 Å². The number of aliphatic hydroxyl groups is 1. The van der Waals surface area contributed by atoms with Gasteiger partial charge < -0.3 is 10.8 Å². The highest BCUT2D eigenvalue weighted by Crippen LogP contribution is 2.24. The van der Waals surface area contributed by atoms with E-state index in [0.29, 0.717) is 5.92 Å². The van der Waals surface area contributed by atoms with Crippen LogP contribution in [0.25, 0.3) is 0 Å². The van der Waals surface area contributed by atoms with Crippen LogP contribution in [0.5, 0.6) is 0 Å². The number of hydrogen-bond acceptors (Lipinski definition) is 2. The summed E-state index contributed by atoms with van der Waals surface area (Å²) in [6.07, 6.45) is 4.56. The van der Waals surface area contributed by atoms with Gasteiger partial charge in [-0.15, -0.1) is 0 Å². The molecule has 1 aliphatic rings. The normalized spacial score (nSPS) is 19.1. The molecule has 1 aromatic carbocycles. The molecule has 1 aromatic rings. The molecule has 0 aliphatic heterocycles. The maximum Gasteiger partial charge on any atom is 0.0704 e. The van der Waals surface area contributed by atoms with Gasteiger partial charge in [0.05, 0.1) is 12.1 Å². The molecular weight excluding hydrogens is 222 g/mol. The Labute approximate surface area is 109 Å². The molecule has 1 fully saturated rings. The van der Waals surface area contributed by atoms with Crippen LogP contribution in [0.3, 0.4) is 0 Å². The molecule has 0 bridgehead atoms. The number of aliphatic hydroxyl groups excluding tert-OH is 1. The van der Waals surface area contributed by atoms with Crippen molar-refractivity contribution in [3.05, 3.63) is 35.4 Å². The summed E-state index contributed by atoms with van der Waals surface area (Å²) >= 11 is 0. The van der Waals surface area contributed by atoms with Crippen LogP contribution in [0.2, 0.25) is 0 Å². The Morgan fingerprint density at radius 1 is 1.33 bits per heavy atom. The van der Waals surface area contributed by atoms with Crippen molar-refractivity contribution < 1.29 is 5.11 Å². The molecule has 2 unspecified atom stereocenters. The van der Waals surface area contributed by atoms with E-state index in [1.165, 1.54) is 25.7 Å². The Kier molecular flexibility index (Phi) is 4.41. The van der Waals surface area contributed by atoms with Crippen LogP contribution < -0.4 is 5.73 Å². The third-order valence-electron chi connectivity index (χ3n) is 3.57. The summed E-state index contributed by atoms with van der Waals surface area (Å²) in [7, 11) is 0. The molecule has 3 N–H and O–H groups in total. The van der Waals surface area contributed by atoms with E-state index < -0.39 is 6.10 Å². The molecule has 0 aromatic heterocycles. The highest BCUT2D eigenvalue weighted by Gasteiger charge is 2.13. The molecule has 1 saturated carbocycles. The van der Waals surface area contributed by atoms with E-state index in [0.717, 1.165) is 11.1 Å². The predicted molar refractivity (Wildman–Crippen MR) is 73.9 cm³/mol. The number of nitrogens with two attached hydrogens (primary N) is 1. The highest BCUT2D eigenvalue weighted by atomic mass is 16.3. The van der Waals surface area contributed by atoms with Gasteiger partial charge in [0.1, 0.15) is 0 Å². The fraction of sp³-hybridized carbons (Fsp3) is 0.500. The summed E-state index contributed by atoms with van der Waals surface area (Å²) in [6, 6.07) is 7.55. The van der Waals surface area contributed by atoms with Gasteiger partial charge in [-0.05, 0) is 37.5 Å². The third kappa shape index (κ3) is 3.35. The Bertz CT molecular complexity index is 450. The van der Waals surface area contributed by atoms with Gasteiger partial charge in [0.25, 0.3) is 0 Å². The summed E-state index contributed by atoms with van der Waals surface area (Å²) in [4.78, 5) is 0. The van der Waals surface area contributed by atoms with Crippen LogP contribution in [0.15, 0.2) is 24.3 Å². The first kappa shape index (κ1) is 13.1. The summed E-state index contributed by atoms with van der Waals surface area (Å²) in [5.41, 5.74) is 7.87. The minimum absolute atomic E-state index is 0.335. The Morgan fingerprint density at radius 3 is 2.72 bits per heavy atom. The summed E-state index contributed by atoms with van der Waals surface area (Å²) in [5, 5.41) is 9.51. The van der Waals surface area contributed by atoms with Gasteiger partial charge in [0.15, 0.2) is 0 Å². The zero-order chi connectivity index (χ0) is 13.0. The van der Waals surface area contributed by atoms with E-state index in [1.54, 1.807) is 6.92 Å². The summed E-state index contributed by atoms with van der Waals surface area (Å²) in [5.74, 6) is 7.14. The van der Waals surface area contributed by atoms with Crippen LogP contribution in [-0.2, 0) is 0 Å². The zero-order valence-electron chi connectivity index (χ0n) is 10.9. The van der Waals surface area contributed by atoms with Crippen LogP contribution in [0, 0.1) is 17.8 Å². The first-order chi connectivity index (χ1) is 8.66. The van der Waals surface area contributed by atoms with E-state index >= 15 is 0 Å². The number of benzene rings is 1. The first-order valence-electron chi connectivity index (χ1n) is 6.72. The van der Waals surface area contributed by atoms with Gasteiger partial charge >= 0.3 is 0 Å². The van der Waals surface area contributed by atoms with Crippen LogP contribution in [-0.4, -0.2) is 11.2 Å². The molecule has 2 nitrogen and oxygen atoms in total. The molecule has 2 rings (SSSR count). The molecule has 18 heavy (non-hydrogen) atoms. The standard InChI is InChI=1S/C16H21NO/c1-12(18)16(17)15-8-4-7-14(11-15)10-9-13-5-2-3-6-13/h4,7-8,11-13,16,18H,2-3,5-6,17H2,1H3. The molecular formula is C16H21NO. The van der Waals surface area contributed by atoms with Gasteiger partial charge in [-0.1, -0.05) is 36.8 Å². The molecule has 0 radical (unpaired) electrons. The Hall–Kier alpha value is -1.30. The van der Waals surface area contributed by atoms with Crippen molar-refractivity contribution in [2.24, 2.45) is 11.7 Å². The monoisotopic (exact) mass is 243 g/mol. The third-order valence-corrected chi connectivity index (χ3v) is 3.57. The van der Waals surface area contributed by atoms with Gasteiger partial charge in [0.2, 0.25) is 0 Å². The SMILES string of the molecule is CC(O)C(N)c1cccc(C#CC2CCCC2)c1. The van der Waals surface area contributed by atoms with Gasteiger partial charge in [-0.25, -0.2) is 0 Å². The maximum absolute atomic E-state index is 9.51. The molecule has 2 heteroatoms. The second-order valence-electron chi connectivity index (χ2n) is 5.14. The zero-order valence-corrected chi connectivity index (χ0v) is 10.9. The minimum Gasteiger partial charge on any atom is -0.391 e. The van der Waals surface area contributed by atoms with Crippen LogP contribution >= 0.6 is 0 Å². The average Bonchev–Trinajstić information content (AvgIpc) is 2.89. The first-order valence-corrected chi connectivity index (χ1v) is 6.72. The predicted octanol–water partition coefficient (Wildman–Crippen LogP) is 2.61. The Balaban J connectivity index is 2.11. The topological polar surface area (TPSA) is 46.2 Å². The smallest absolute Gasteiger partial charge is 0.0704 e. The molecule has 96 valence electrons. The van der Waals surface area contributed by atoms with Crippen molar-refractivity contribution in [2.75, 3.05) is 0 Å². The molecule has 0 spiro atoms. The van der Waals surface area contributed by atoms with Crippen molar-refractivity contribution in [3.8, 4) is 11.8 Å². The van der Waals surface area contributed by atoms with Gasteiger partial charge in [-0.2, -0.15) is 0 Å². The quantitative estimate of drug-likeness (QED) is 0.784. The minimum atomic E-state index is -0.539. The second kappa shape index (κ2) is 6.04. The van der Waals surface area contributed by atoms with Crippen molar-refractivity contribution in [1.29, 1.82) is 0 Å². The van der Waals surface area contributed by atoms with Crippen LogP contribution in [0.4, 0.5) is 0 Å². The molecule has 1 aliphatic carbocycles. The maximum atomic E-state index is 9.51. The lowest BCUT2D eigenvalue weighted by Gasteiger charge is -2.15. The van der Waals surface area contributed by atoms with Crippen molar-refractivity contribution in [1.82, 2.24) is 0 Å². The highest BCUT2D eigenvalue weighted by molar-refractivity contribution is 5.38. The number of hydrogen-bond donors (Lipinski definition) is 2. The van der Waals surface area contributed by atoms with E-state index in [-0.39, 0.29) is 6.04 Å². The lowest BCUT2D eigenvalue weighted by atomic mass is 10.0. The summed E-state index contributed by atoms with van der Waals surface area (Å²) in [6.45, 7) is 1.71. The van der Waals surface area contributed by atoms with E-state index in [9.17, 15) is 5.11 Å². The fourth-order valence-electron chi connectivity index (χ4n) is 2.36. The molecule has 2 atom stereocenters. The number of rotatable bonds is 2. The second-order valence-corrected chi connectivity index (χ2v) is 5.14. The van der Waals surface area contributed by atoms with E-state index in [2.05, 4.69) is 11.8 Å².